The van der Waals surface area contributed by atoms with Gasteiger partial charge < -0.3 is 10.6 Å². The van der Waals surface area contributed by atoms with E-state index in [9.17, 15) is 27.6 Å². The average molecular weight is 477 g/mol. The number of hydrogen-bond donors (Lipinski definition) is 3. The van der Waals surface area contributed by atoms with Crippen molar-refractivity contribution in [1.29, 1.82) is 0 Å². The summed E-state index contributed by atoms with van der Waals surface area (Å²) >= 11 is 0.860. The van der Waals surface area contributed by atoms with Crippen LogP contribution < -0.4 is 16.2 Å². The van der Waals surface area contributed by atoms with Gasteiger partial charge in [-0.2, -0.15) is 13.2 Å². The number of thioether (sulfide) groups is 1. The minimum absolute atomic E-state index is 0.00435. The fraction of sp³-hybridized carbons (Fsp3) is 0.190. The Hall–Kier alpha value is -3.67. The topological polar surface area (TPSA) is 117 Å². The average Bonchev–Trinajstić information content (AvgIpc) is 2.73. The van der Waals surface area contributed by atoms with Gasteiger partial charge in [-0.1, -0.05) is 29.5 Å². The van der Waals surface area contributed by atoms with E-state index in [4.69, 9.17) is 0 Å². The lowest BCUT2D eigenvalue weighted by Gasteiger charge is -2.10. The molecule has 0 spiro atoms. The minimum atomic E-state index is -4.52. The summed E-state index contributed by atoms with van der Waals surface area (Å²) < 4.78 is 38.4. The highest BCUT2D eigenvalue weighted by Gasteiger charge is 2.30. The van der Waals surface area contributed by atoms with Crippen molar-refractivity contribution in [2.75, 3.05) is 16.4 Å². The molecule has 0 atom stereocenters. The van der Waals surface area contributed by atoms with E-state index in [0.717, 1.165) is 29.5 Å². The quantitative estimate of drug-likeness (QED) is 0.465. The van der Waals surface area contributed by atoms with Crippen molar-refractivity contribution >= 4 is 35.0 Å². The van der Waals surface area contributed by atoms with Crippen molar-refractivity contribution in [2.45, 2.75) is 25.2 Å². The van der Waals surface area contributed by atoms with Crippen LogP contribution in [0.3, 0.4) is 0 Å². The highest BCUT2D eigenvalue weighted by atomic mass is 32.2. The number of carbonyl (C=O) groups excluding carboxylic acids is 2. The predicted molar refractivity (Wildman–Crippen MR) is 118 cm³/mol. The third-order valence-electron chi connectivity index (χ3n) is 4.23. The maximum Gasteiger partial charge on any atom is 0.416 e. The SMILES string of the molecule is CC(=O)Nc1ccc(C)cc1-c1nnc(SCC(=O)Nc2cccc(C(F)(F)F)c2)[nH]c1=O. The fourth-order valence-electron chi connectivity index (χ4n) is 2.82. The van der Waals surface area contributed by atoms with E-state index >= 15 is 0 Å². The fourth-order valence-corrected chi connectivity index (χ4v) is 3.42. The number of aryl methyl sites for hydroxylation is 1. The number of H-pyrrole nitrogens is 1. The highest BCUT2D eigenvalue weighted by molar-refractivity contribution is 7.99. The molecule has 3 aromatic rings. The van der Waals surface area contributed by atoms with Crippen LogP contribution >= 0.6 is 11.8 Å². The van der Waals surface area contributed by atoms with E-state index < -0.39 is 23.2 Å². The van der Waals surface area contributed by atoms with Gasteiger partial charge in [0, 0.05) is 18.2 Å². The molecule has 172 valence electrons. The number of anilines is 2. The van der Waals surface area contributed by atoms with Gasteiger partial charge in [-0.25, -0.2) is 0 Å². The van der Waals surface area contributed by atoms with Gasteiger partial charge in [-0.15, -0.1) is 10.2 Å². The van der Waals surface area contributed by atoms with Crippen LogP contribution in [0.4, 0.5) is 24.5 Å². The number of aromatic nitrogens is 3. The van der Waals surface area contributed by atoms with Crippen LogP contribution in [0.25, 0.3) is 11.3 Å². The molecule has 3 N–H and O–H groups in total. The molecule has 0 aliphatic heterocycles. The number of nitrogens with one attached hydrogen (secondary N) is 3. The summed E-state index contributed by atoms with van der Waals surface area (Å²) in [6, 6.07) is 9.35. The third kappa shape index (κ3) is 6.42. The molecular weight excluding hydrogens is 459 g/mol. The lowest BCUT2D eigenvalue weighted by molar-refractivity contribution is -0.137. The van der Waals surface area contributed by atoms with Crippen molar-refractivity contribution < 1.29 is 22.8 Å². The molecule has 0 saturated carbocycles. The summed E-state index contributed by atoms with van der Waals surface area (Å²) in [5, 5.41) is 12.9. The smallest absolute Gasteiger partial charge is 0.326 e. The Morgan fingerprint density at radius 2 is 1.85 bits per heavy atom. The Labute approximate surface area is 190 Å². The number of halogens is 3. The van der Waals surface area contributed by atoms with Crippen LogP contribution in [0.5, 0.6) is 0 Å². The van der Waals surface area contributed by atoms with E-state index in [-0.39, 0.29) is 28.2 Å². The molecule has 3 rings (SSSR count). The van der Waals surface area contributed by atoms with Crippen LogP contribution in [0.2, 0.25) is 0 Å². The Morgan fingerprint density at radius 3 is 2.52 bits per heavy atom. The second-order valence-electron chi connectivity index (χ2n) is 6.95. The van der Waals surface area contributed by atoms with Crippen molar-refractivity contribution in [2.24, 2.45) is 0 Å². The first kappa shape index (κ1) is 24.0. The van der Waals surface area contributed by atoms with E-state index in [2.05, 4.69) is 25.8 Å². The summed E-state index contributed by atoms with van der Waals surface area (Å²) in [6.45, 7) is 3.15. The molecule has 12 heteroatoms. The van der Waals surface area contributed by atoms with Gasteiger partial charge in [0.05, 0.1) is 17.0 Å². The number of alkyl halides is 3. The number of nitrogens with zero attached hydrogens (tertiary/aromatic N) is 2. The van der Waals surface area contributed by atoms with E-state index in [1.165, 1.54) is 19.1 Å². The van der Waals surface area contributed by atoms with Gasteiger partial charge in [0.25, 0.3) is 5.56 Å². The second kappa shape index (κ2) is 9.86. The Balaban J connectivity index is 1.71. The molecule has 2 aromatic carbocycles. The van der Waals surface area contributed by atoms with E-state index in [1.54, 1.807) is 18.2 Å². The number of aromatic amines is 1. The third-order valence-corrected chi connectivity index (χ3v) is 5.09. The van der Waals surface area contributed by atoms with Crippen molar-refractivity contribution in [3.8, 4) is 11.3 Å². The number of benzene rings is 2. The second-order valence-corrected chi connectivity index (χ2v) is 7.92. The standard InChI is InChI=1S/C21H18F3N5O3S/c1-11-6-7-16(25-12(2)30)15(8-11)18-19(32)27-20(29-28-18)33-10-17(31)26-14-5-3-4-13(9-14)21(22,23)24/h3-9H,10H2,1-2H3,(H,25,30)(H,26,31)(H,27,29,32). The predicted octanol–water partition coefficient (Wildman–Crippen LogP) is 3.85. The van der Waals surface area contributed by atoms with Gasteiger partial charge in [0.15, 0.2) is 10.9 Å². The largest absolute Gasteiger partial charge is 0.416 e. The molecule has 0 fully saturated rings. The Kier molecular flexibility index (Phi) is 7.16. The normalized spacial score (nSPS) is 11.2. The monoisotopic (exact) mass is 477 g/mol. The van der Waals surface area contributed by atoms with Crippen molar-refractivity contribution in [1.82, 2.24) is 15.2 Å². The minimum Gasteiger partial charge on any atom is -0.326 e. The van der Waals surface area contributed by atoms with Gasteiger partial charge in [0.2, 0.25) is 11.8 Å². The summed E-state index contributed by atoms with van der Waals surface area (Å²) in [6.07, 6.45) is -4.52. The van der Waals surface area contributed by atoms with E-state index in [0.29, 0.717) is 11.3 Å². The van der Waals surface area contributed by atoms with Crippen LogP contribution in [0.1, 0.15) is 18.1 Å². The maximum absolute atomic E-state index is 12.8. The zero-order chi connectivity index (χ0) is 24.2. The van der Waals surface area contributed by atoms with Gasteiger partial charge in [-0.05, 0) is 37.3 Å². The molecule has 33 heavy (non-hydrogen) atoms. The van der Waals surface area contributed by atoms with Crippen molar-refractivity contribution in [3.05, 3.63) is 63.9 Å². The lowest BCUT2D eigenvalue weighted by atomic mass is 10.1. The molecule has 0 bridgehead atoms. The van der Waals surface area contributed by atoms with Crippen LogP contribution in [-0.4, -0.2) is 32.7 Å². The molecule has 0 aliphatic rings. The van der Waals surface area contributed by atoms with Gasteiger partial charge >= 0.3 is 6.18 Å². The summed E-state index contributed by atoms with van der Waals surface area (Å²) in [7, 11) is 0. The first-order valence-corrected chi connectivity index (χ1v) is 10.5. The Bertz CT molecular complexity index is 1260. The summed E-state index contributed by atoms with van der Waals surface area (Å²) in [5.41, 5.74) is 0.142. The Morgan fingerprint density at radius 1 is 1.09 bits per heavy atom. The first-order valence-electron chi connectivity index (χ1n) is 9.48. The van der Waals surface area contributed by atoms with Crippen LogP contribution in [0, 0.1) is 6.92 Å². The lowest BCUT2D eigenvalue weighted by Crippen LogP contribution is -2.18. The van der Waals surface area contributed by atoms with Gasteiger partial charge in [-0.3, -0.25) is 19.4 Å². The summed E-state index contributed by atoms with van der Waals surface area (Å²) in [5.74, 6) is -1.12. The maximum atomic E-state index is 12.8. The molecule has 8 nitrogen and oxygen atoms in total. The molecule has 0 unspecified atom stereocenters. The van der Waals surface area contributed by atoms with Crippen LogP contribution in [-0.2, 0) is 15.8 Å². The molecule has 0 aliphatic carbocycles. The molecule has 0 saturated heterocycles. The van der Waals surface area contributed by atoms with E-state index in [1.807, 2.05) is 6.92 Å². The summed E-state index contributed by atoms with van der Waals surface area (Å²) in [4.78, 5) is 38.6. The molecule has 1 heterocycles. The van der Waals surface area contributed by atoms with Crippen molar-refractivity contribution in [3.63, 3.8) is 0 Å². The number of amides is 2. The van der Waals surface area contributed by atoms with Crippen LogP contribution in [0.15, 0.2) is 52.4 Å². The number of rotatable bonds is 6. The molecule has 0 radical (unpaired) electrons. The molecule has 2 amide bonds. The highest BCUT2D eigenvalue weighted by Crippen LogP contribution is 2.30. The first-order chi connectivity index (χ1) is 15.5. The zero-order valence-corrected chi connectivity index (χ0v) is 18.2. The number of hydrogen-bond acceptors (Lipinski definition) is 6. The zero-order valence-electron chi connectivity index (χ0n) is 17.4. The van der Waals surface area contributed by atoms with Gasteiger partial charge in [0.1, 0.15) is 0 Å². The molecular formula is C21H18F3N5O3S. The number of carbonyl (C=O) groups is 2. The molecule has 1 aromatic heterocycles.